The fourth-order valence-electron chi connectivity index (χ4n) is 0.926. The molecule has 66 valence electrons. The van der Waals surface area contributed by atoms with E-state index in [0.717, 1.165) is 4.88 Å². The summed E-state index contributed by atoms with van der Waals surface area (Å²) in [7, 11) is 0. The van der Waals surface area contributed by atoms with Crippen LogP contribution in [0.1, 0.15) is 0 Å². The topological polar surface area (TPSA) is 84.7 Å². The van der Waals surface area contributed by atoms with Crippen LogP contribution in [-0.2, 0) is 0 Å². The van der Waals surface area contributed by atoms with Gasteiger partial charge in [0.05, 0.1) is 10.4 Å². The van der Waals surface area contributed by atoms with Crippen molar-refractivity contribution in [1.82, 2.24) is 15.0 Å². The lowest BCUT2D eigenvalue weighted by atomic mass is 10.5. The standard InChI is InChI=1S/C7H6N4OS/c8-5-1-6(12)11-7(10-5)4-2-9-3-13-4/h1-3H,(H3,8,10,11,12). The SMILES string of the molecule is Nc1cc(=O)[nH]c(-c2cncs2)n1. The van der Waals surface area contributed by atoms with Crippen LogP contribution in [0.2, 0.25) is 0 Å². The van der Waals surface area contributed by atoms with Crippen LogP contribution in [0.4, 0.5) is 5.82 Å². The van der Waals surface area contributed by atoms with Crippen molar-refractivity contribution >= 4 is 17.2 Å². The van der Waals surface area contributed by atoms with Crippen LogP contribution in [0, 0.1) is 0 Å². The van der Waals surface area contributed by atoms with E-state index in [9.17, 15) is 4.79 Å². The molecule has 0 aromatic carbocycles. The maximum Gasteiger partial charge on any atom is 0.253 e. The van der Waals surface area contributed by atoms with Crippen LogP contribution < -0.4 is 11.3 Å². The largest absolute Gasteiger partial charge is 0.383 e. The molecule has 2 heterocycles. The molecular formula is C7H6N4OS. The molecule has 3 N–H and O–H groups in total. The zero-order valence-electron chi connectivity index (χ0n) is 6.52. The predicted molar refractivity (Wildman–Crippen MR) is 50.4 cm³/mol. The lowest BCUT2D eigenvalue weighted by molar-refractivity contribution is 1.14. The summed E-state index contributed by atoms with van der Waals surface area (Å²) in [6, 6.07) is 1.24. The second kappa shape index (κ2) is 2.98. The highest BCUT2D eigenvalue weighted by Gasteiger charge is 2.02. The van der Waals surface area contributed by atoms with Gasteiger partial charge in [-0.2, -0.15) is 0 Å². The summed E-state index contributed by atoms with van der Waals surface area (Å²) < 4.78 is 0. The molecule has 0 atom stereocenters. The van der Waals surface area contributed by atoms with Crippen molar-refractivity contribution in [2.75, 3.05) is 5.73 Å². The van der Waals surface area contributed by atoms with Gasteiger partial charge in [-0.25, -0.2) is 4.98 Å². The van der Waals surface area contributed by atoms with Crippen molar-refractivity contribution in [2.24, 2.45) is 0 Å². The van der Waals surface area contributed by atoms with Gasteiger partial charge in [-0.3, -0.25) is 9.78 Å². The molecule has 0 radical (unpaired) electrons. The molecule has 2 aromatic rings. The lowest BCUT2D eigenvalue weighted by Gasteiger charge is -1.96. The highest BCUT2D eigenvalue weighted by molar-refractivity contribution is 7.13. The minimum absolute atomic E-state index is 0.215. The molecular weight excluding hydrogens is 188 g/mol. The average Bonchev–Trinajstić information content (AvgIpc) is 2.53. The van der Waals surface area contributed by atoms with Crippen molar-refractivity contribution in [1.29, 1.82) is 0 Å². The van der Waals surface area contributed by atoms with Gasteiger partial charge in [0.2, 0.25) is 0 Å². The number of H-pyrrole nitrogens is 1. The van der Waals surface area contributed by atoms with Gasteiger partial charge >= 0.3 is 0 Å². The van der Waals surface area contributed by atoms with E-state index in [1.165, 1.54) is 17.4 Å². The molecule has 0 spiro atoms. The van der Waals surface area contributed by atoms with Crippen molar-refractivity contribution in [2.45, 2.75) is 0 Å². The fourth-order valence-corrected chi connectivity index (χ4v) is 1.49. The Morgan fingerprint density at radius 3 is 3.00 bits per heavy atom. The van der Waals surface area contributed by atoms with Crippen molar-refractivity contribution in [3.05, 3.63) is 28.1 Å². The number of hydrogen-bond donors (Lipinski definition) is 2. The van der Waals surface area contributed by atoms with Crippen LogP contribution in [-0.4, -0.2) is 15.0 Å². The van der Waals surface area contributed by atoms with Gasteiger partial charge in [0.15, 0.2) is 5.82 Å². The van der Waals surface area contributed by atoms with Gasteiger partial charge < -0.3 is 10.7 Å². The number of nitrogen functional groups attached to an aromatic ring is 1. The first-order valence-corrected chi connectivity index (χ1v) is 4.39. The number of hydrogen-bond acceptors (Lipinski definition) is 5. The third kappa shape index (κ3) is 1.57. The van der Waals surface area contributed by atoms with Gasteiger partial charge in [0.1, 0.15) is 5.82 Å². The number of aromatic nitrogens is 3. The second-order valence-corrected chi connectivity index (χ2v) is 3.27. The Balaban J connectivity index is 2.59. The van der Waals surface area contributed by atoms with E-state index >= 15 is 0 Å². The normalized spacial score (nSPS) is 10.2. The van der Waals surface area contributed by atoms with Crippen LogP contribution in [0.15, 0.2) is 22.6 Å². The van der Waals surface area contributed by atoms with E-state index in [1.807, 2.05) is 0 Å². The van der Waals surface area contributed by atoms with E-state index in [0.29, 0.717) is 5.82 Å². The van der Waals surface area contributed by atoms with E-state index in [-0.39, 0.29) is 11.4 Å². The molecule has 2 rings (SSSR count). The summed E-state index contributed by atoms with van der Waals surface area (Å²) in [6.45, 7) is 0. The Kier molecular flexibility index (Phi) is 1.82. The molecule has 0 saturated carbocycles. The first-order valence-electron chi connectivity index (χ1n) is 3.51. The van der Waals surface area contributed by atoms with E-state index < -0.39 is 0 Å². The third-order valence-corrected chi connectivity index (χ3v) is 2.21. The smallest absolute Gasteiger partial charge is 0.253 e. The van der Waals surface area contributed by atoms with E-state index in [2.05, 4.69) is 15.0 Å². The summed E-state index contributed by atoms with van der Waals surface area (Å²) in [6.07, 6.45) is 1.63. The Hall–Kier alpha value is -1.69. The summed E-state index contributed by atoms with van der Waals surface area (Å²) in [5, 5.41) is 0. The first-order chi connectivity index (χ1) is 6.25. The second-order valence-electron chi connectivity index (χ2n) is 2.38. The summed E-state index contributed by atoms with van der Waals surface area (Å²) in [4.78, 5) is 22.2. The van der Waals surface area contributed by atoms with Crippen LogP contribution in [0.5, 0.6) is 0 Å². The summed E-state index contributed by atoms with van der Waals surface area (Å²) in [5.41, 5.74) is 6.83. The number of nitrogens with one attached hydrogen (secondary N) is 1. The highest BCUT2D eigenvalue weighted by Crippen LogP contribution is 2.17. The van der Waals surface area contributed by atoms with Gasteiger partial charge in [-0.05, 0) is 0 Å². The van der Waals surface area contributed by atoms with Crippen molar-refractivity contribution in [3.8, 4) is 10.7 Å². The Morgan fingerprint density at radius 1 is 1.54 bits per heavy atom. The van der Waals surface area contributed by atoms with Crippen molar-refractivity contribution < 1.29 is 0 Å². The molecule has 6 heteroatoms. The molecule has 0 aliphatic rings. The molecule has 0 aliphatic carbocycles. The zero-order chi connectivity index (χ0) is 9.26. The number of aromatic amines is 1. The molecule has 0 amide bonds. The number of rotatable bonds is 1. The minimum atomic E-state index is -0.254. The molecule has 13 heavy (non-hydrogen) atoms. The molecule has 0 unspecified atom stereocenters. The molecule has 0 saturated heterocycles. The maximum absolute atomic E-state index is 11.0. The molecule has 2 aromatic heterocycles. The molecule has 0 bridgehead atoms. The summed E-state index contributed by atoms with van der Waals surface area (Å²) >= 11 is 1.39. The minimum Gasteiger partial charge on any atom is -0.383 e. The maximum atomic E-state index is 11.0. The molecule has 0 fully saturated rings. The summed E-state index contributed by atoms with van der Waals surface area (Å²) in [5.74, 6) is 0.680. The predicted octanol–water partition coefficient (Wildman–Crippen LogP) is 0.476. The van der Waals surface area contributed by atoms with Gasteiger partial charge in [-0.1, -0.05) is 0 Å². The highest BCUT2D eigenvalue weighted by atomic mass is 32.1. The van der Waals surface area contributed by atoms with Crippen LogP contribution >= 0.6 is 11.3 Å². The van der Waals surface area contributed by atoms with Crippen LogP contribution in [0.25, 0.3) is 10.7 Å². The Morgan fingerprint density at radius 2 is 2.38 bits per heavy atom. The molecule has 0 aliphatic heterocycles. The quantitative estimate of drug-likeness (QED) is 0.691. The lowest BCUT2D eigenvalue weighted by Crippen LogP contribution is -2.09. The third-order valence-electron chi connectivity index (χ3n) is 1.43. The monoisotopic (exact) mass is 194 g/mol. The van der Waals surface area contributed by atoms with Gasteiger partial charge in [0.25, 0.3) is 5.56 Å². The number of anilines is 1. The van der Waals surface area contributed by atoms with Gasteiger partial charge in [-0.15, -0.1) is 11.3 Å². The number of nitrogens with two attached hydrogens (primary N) is 1. The van der Waals surface area contributed by atoms with E-state index in [4.69, 9.17) is 5.73 Å². The van der Waals surface area contributed by atoms with E-state index in [1.54, 1.807) is 11.7 Å². The van der Waals surface area contributed by atoms with Crippen molar-refractivity contribution in [3.63, 3.8) is 0 Å². The first kappa shape index (κ1) is 7.93. The number of thiazole rings is 1. The Bertz CT molecular complexity index is 462. The van der Waals surface area contributed by atoms with Gasteiger partial charge in [0, 0.05) is 12.3 Å². The zero-order valence-corrected chi connectivity index (χ0v) is 7.34. The fraction of sp³-hybridized carbons (Fsp3) is 0. The Labute approximate surface area is 77.3 Å². The molecule has 5 nitrogen and oxygen atoms in total. The number of nitrogens with zero attached hydrogens (tertiary/aromatic N) is 2. The van der Waals surface area contributed by atoms with Crippen LogP contribution in [0.3, 0.4) is 0 Å². The average molecular weight is 194 g/mol.